The van der Waals surface area contributed by atoms with Crippen LogP contribution >= 0.6 is 0 Å². The average Bonchev–Trinajstić information content (AvgIpc) is 2.24. The first-order valence-electron chi connectivity index (χ1n) is 5.82. The number of esters is 2. The first-order valence-corrected chi connectivity index (χ1v) is 5.82. The van der Waals surface area contributed by atoms with Crippen molar-refractivity contribution in [1.82, 2.24) is 0 Å². The topological polar surface area (TPSA) is 69.7 Å². The first kappa shape index (κ1) is 15.6. The maximum absolute atomic E-state index is 11.5. The zero-order valence-electron chi connectivity index (χ0n) is 10.7. The monoisotopic (exact) mass is 244 g/mol. The van der Waals surface area contributed by atoms with Crippen LogP contribution in [0.1, 0.15) is 40.0 Å². The van der Waals surface area contributed by atoms with Gasteiger partial charge < -0.3 is 14.3 Å². The maximum atomic E-state index is 11.5. The molecule has 0 amide bonds. The van der Waals surface area contributed by atoms with E-state index >= 15 is 0 Å². The van der Waals surface area contributed by atoms with E-state index in [4.69, 9.17) is 9.47 Å². The molecule has 0 aliphatic rings. The van der Waals surface area contributed by atoms with Crippen LogP contribution < -0.4 is 0 Å². The first-order chi connectivity index (χ1) is 8.01. The predicted octanol–water partition coefficient (Wildman–Crippen LogP) is 1.49. The largest absolute Gasteiger partial charge is 0.466 e. The summed E-state index contributed by atoms with van der Waals surface area (Å²) in [6.07, 6.45) is 0.528. The van der Waals surface area contributed by atoms with Crippen molar-refractivity contribution in [2.24, 2.45) is 5.92 Å². The molecule has 0 aliphatic carbocycles. The summed E-state index contributed by atoms with van der Waals surface area (Å²) >= 11 is 0. The number of carbonyl (C=O) groups excluding carboxylic acids is 3. The molecule has 0 rings (SSSR count). The molecule has 0 N–H and O–H groups in total. The van der Waals surface area contributed by atoms with Crippen molar-refractivity contribution in [3.63, 3.8) is 0 Å². The maximum Gasteiger partial charge on any atom is 0.309 e. The molecular weight excluding hydrogens is 224 g/mol. The average molecular weight is 244 g/mol. The highest BCUT2D eigenvalue weighted by atomic mass is 16.5. The van der Waals surface area contributed by atoms with E-state index in [1.807, 2.05) is 0 Å². The molecule has 0 saturated carbocycles. The Morgan fingerprint density at radius 3 is 2.12 bits per heavy atom. The minimum absolute atomic E-state index is 0.0908. The Kier molecular flexibility index (Phi) is 8.01. The molecule has 0 aromatic carbocycles. The quantitative estimate of drug-likeness (QED) is 0.605. The molecule has 0 spiro atoms. The lowest BCUT2D eigenvalue weighted by atomic mass is 9.97. The van der Waals surface area contributed by atoms with Crippen LogP contribution in [0.3, 0.4) is 0 Å². The predicted molar refractivity (Wildman–Crippen MR) is 61.3 cm³/mol. The molecule has 0 aliphatic heterocycles. The highest BCUT2D eigenvalue weighted by Gasteiger charge is 2.22. The van der Waals surface area contributed by atoms with Crippen molar-refractivity contribution in [1.29, 1.82) is 0 Å². The standard InChI is InChI=1S/C12H20O5/c1-4-16-11(14)7-6-10(8-9(3)13)12(15)17-5-2/h10H,4-8H2,1-3H3. The Balaban J connectivity index is 4.23. The second-order valence-electron chi connectivity index (χ2n) is 3.70. The minimum atomic E-state index is -0.545. The van der Waals surface area contributed by atoms with E-state index in [0.717, 1.165) is 0 Å². The second-order valence-corrected chi connectivity index (χ2v) is 3.70. The lowest BCUT2D eigenvalue weighted by molar-refractivity contribution is -0.150. The van der Waals surface area contributed by atoms with Gasteiger partial charge in [0, 0.05) is 12.8 Å². The van der Waals surface area contributed by atoms with Crippen LogP contribution in [0.25, 0.3) is 0 Å². The Morgan fingerprint density at radius 1 is 1.06 bits per heavy atom. The van der Waals surface area contributed by atoms with Crippen LogP contribution in [0.5, 0.6) is 0 Å². The van der Waals surface area contributed by atoms with E-state index in [0.29, 0.717) is 6.61 Å². The van der Waals surface area contributed by atoms with Crippen molar-refractivity contribution in [2.45, 2.75) is 40.0 Å². The van der Waals surface area contributed by atoms with Crippen LogP contribution in [-0.4, -0.2) is 30.9 Å². The van der Waals surface area contributed by atoms with E-state index in [2.05, 4.69) is 0 Å². The van der Waals surface area contributed by atoms with Gasteiger partial charge in [0.25, 0.3) is 0 Å². The van der Waals surface area contributed by atoms with Crippen LogP contribution in [-0.2, 0) is 23.9 Å². The molecule has 5 heteroatoms. The molecule has 98 valence electrons. The second kappa shape index (κ2) is 8.73. The van der Waals surface area contributed by atoms with E-state index in [1.165, 1.54) is 6.92 Å². The normalized spacial score (nSPS) is 11.7. The molecule has 0 saturated heterocycles. The Hall–Kier alpha value is -1.39. The van der Waals surface area contributed by atoms with Gasteiger partial charge in [-0.1, -0.05) is 0 Å². The van der Waals surface area contributed by atoms with Gasteiger partial charge in [-0.15, -0.1) is 0 Å². The van der Waals surface area contributed by atoms with Crippen molar-refractivity contribution in [3.05, 3.63) is 0 Å². The summed E-state index contributed by atoms with van der Waals surface area (Å²) < 4.78 is 9.61. The van der Waals surface area contributed by atoms with Gasteiger partial charge in [0.2, 0.25) is 0 Å². The molecular formula is C12H20O5. The van der Waals surface area contributed by atoms with Crippen molar-refractivity contribution < 1.29 is 23.9 Å². The number of hydrogen-bond acceptors (Lipinski definition) is 5. The lowest BCUT2D eigenvalue weighted by Crippen LogP contribution is -2.21. The van der Waals surface area contributed by atoms with E-state index in [9.17, 15) is 14.4 Å². The summed E-state index contributed by atoms with van der Waals surface area (Å²) in [5, 5.41) is 0. The number of ketones is 1. The Bertz CT molecular complexity index is 272. The van der Waals surface area contributed by atoms with Crippen LogP contribution in [0.2, 0.25) is 0 Å². The summed E-state index contributed by atoms with van der Waals surface area (Å²) in [5.41, 5.74) is 0. The van der Waals surface area contributed by atoms with Gasteiger partial charge in [-0.25, -0.2) is 0 Å². The Labute approximate surface area is 101 Å². The van der Waals surface area contributed by atoms with Crippen molar-refractivity contribution in [3.8, 4) is 0 Å². The van der Waals surface area contributed by atoms with Gasteiger partial charge in [0.1, 0.15) is 5.78 Å². The van der Waals surface area contributed by atoms with Gasteiger partial charge >= 0.3 is 11.9 Å². The fourth-order valence-electron chi connectivity index (χ4n) is 1.44. The molecule has 1 atom stereocenters. The SMILES string of the molecule is CCOC(=O)CCC(CC(C)=O)C(=O)OCC. The highest BCUT2D eigenvalue weighted by molar-refractivity contribution is 5.83. The summed E-state index contributed by atoms with van der Waals surface area (Å²) in [6.45, 7) is 5.42. The number of carbonyl (C=O) groups is 3. The molecule has 0 aromatic heterocycles. The molecule has 1 unspecified atom stereocenters. The number of hydrogen-bond donors (Lipinski definition) is 0. The van der Waals surface area contributed by atoms with Gasteiger partial charge in [0.05, 0.1) is 19.1 Å². The molecule has 0 heterocycles. The number of Topliss-reactive ketones (excluding diaryl/α,β-unsaturated/α-hetero) is 1. The van der Waals surface area contributed by atoms with E-state index in [-0.39, 0.29) is 37.6 Å². The summed E-state index contributed by atoms with van der Waals surface area (Å²) in [6, 6.07) is 0. The number of rotatable bonds is 8. The third-order valence-corrected chi connectivity index (χ3v) is 2.16. The van der Waals surface area contributed by atoms with E-state index < -0.39 is 11.9 Å². The minimum Gasteiger partial charge on any atom is -0.466 e. The fourth-order valence-corrected chi connectivity index (χ4v) is 1.44. The van der Waals surface area contributed by atoms with Gasteiger partial charge in [-0.2, -0.15) is 0 Å². The fraction of sp³-hybridized carbons (Fsp3) is 0.750. The van der Waals surface area contributed by atoms with Crippen LogP contribution in [0.15, 0.2) is 0 Å². The number of ether oxygens (including phenoxy) is 2. The Morgan fingerprint density at radius 2 is 1.65 bits per heavy atom. The highest BCUT2D eigenvalue weighted by Crippen LogP contribution is 2.14. The van der Waals surface area contributed by atoms with E-state index in [1.54, 1.807) is 13.8 Å². The molecule has 0 bridgehead atoms. The lowest BCUT2D eigenvalue weighted by Gasteiger charge is -2.13. The third kappa shape index (κ3) is 7.49. The molecule has 0 fully saturated rings. The van der Waals surface area contributed by atoms with Crippen LogP contribution in [0.4, 0.5) is 0 Å². The van der Waals surface area contributed by atoms with Crippen molar-refractivity contribution in [2.75, 3.05) is 13.2 Å². The summed E-state index contributed by atoms with van der Waals surface area (Å²) in [5.74, 6) is -1.42. The zero-order chi connectivity index (χ0) is 13.3. The van der Waals surface area contributed by atoms with Crippen LogP contribution in [0, 0.1) is 5.92 Å². The molecule has 0 radical (unpaired) electrons. The molecule has 0 aromatic rings. The molecule has 5 nitrogen and oxygen atoms in total. The third-order valence-electron chi connectivity index (χ3n) is 2.16. The van der Waals surface area contributed by atoms with Crippen molar-refractivity contribution >= 4 is 17.7 Å². The van der Waals surface area contributed by atoms with Gasteiger partial charge in [-0.05, 0) is 27.2 Å². The summed E-state index contributed by atoms with van der Waals surface area (Å²) in [7, 11) is 0. The zero-order valence-corrected chi connectivity index (χ0v) is 10.7. The smallest absolute Gasteiger partial charge is 0.309 e. The van der Waals surface area contributed by atoms with Gasteiger partial charge in [-0.3, -0.25) is 9.59 Å². The summed E-state index contributed by atoms with van der Waals surface area (Å²) in [4.78, 5) is 33.7. The van der Waals surface area contributed by atoms with Gasteiger partial charge in [0.15, 0.2) is 0 Å². The molecule has 17 heavy (non-hydrogen) atoms.